The molecule has 2 heterocycles. The zero-order valence-electron chi connectivity index (χ0n) is 17.4. The summed E-state index contributed by atoms with van der Waals surface area (Å²) >= 11 is 0.715. The van der Waals surface area contributed by atoms with Crippen LogP contribution in [0.2, 0.25) is 0 Å². The quantitative estimate of drug-likeness (QED) is 0.536. The Balaban J connectivity index is 1.77. The molecule has 3 rings (SSSR count). The van der Waals surface area contributed by atoms with E-state index in [0.29, 0.717) is 28.8 Å². The summed E-state index contributed by atoms with van der Waals surface area (Å²) < 4.78 is 10.9. The number of carboxylic acid groups (broad SMARTS) is 1. The first kappa shape index (κ1) is 22.4. The van der Waals surface area contributed by atoms with E-state index in [1.54, 1.807) is 52.0 Å². The number of imide groups is 1. The van der Waals surface area contributed by atoms with Gasteiger partial charge in [-0.25, -0.2) is 4.79 Å². The molecule has 1 aliphatic heterocycles. The Morgan fingerprint density at radius 1 is 1.19 bits per heavy atom. The van der Waals surface area contributed by atoms with Crippen molar-refractivity contribution in [1.82, 2.24) is 4.90 Å². The van der Waals surface area contributed by atoms with E-state index in [-0.39, 0.29) is 10.5 Å². The van der Waals surface area contributed by atoms with Gasteiger partial charge in [-0.1, -0.05) is 6.07 Å². The lowest BCUT2D eigenvalue weighted by Gasteiger charge is -2.21. The van der Waals surface area contributed by atoms with Gasteiger partial charge < -0.3 is 14.3 Å². The molecular weight excluding hydrogens is 422 g/mol. The monoisotopic (exact) mass is 443 g/mol. The number of amides is 2. The fraction of sp³-hybridized carbons (Fsp3) is 0.273. The summed E-state index contributed by atoms with van der Waals surface area (Å²) in [4.78, 5) is 48.8. The summed E-state index contributed by atoms with van der Waals surface area (Å²) in [7, 11) is 0. The van der Waals surface area contributed by atoms with Crippen LogP contribution in [0.3, 0.4) is 0 Å². The molecule has 1 aromatic carbocycles. The maximum absolute atomic E-state index is 12.6. The Bertz CT molecular complexity index is 1110. The average molecular weight is 443 g/mol. The Morgan fingerprint density at radius 2 is 1.90 bits per heavy atom. The second-order valence-corrected chi connectivity index (χ2v) is 8.88. The van der Waals surface area contributed by atoms with Crippen LogP contribution in [0.4, 0.5) is 4.79 Å². The molecule has 0 spiro atoms. The highest BCUT2D eigenvalue weighted by molar-refractivity contribution is 8.18. The van der Waals surface area contributed by atoms with Crippen LogP contribution in [-0.4, -0.2) is 45.2 Å². The van der Waals surface area contributed by atoms with Crippen LogP contribution < -0.4 is 0 Å². The van der Waals surface area contributed by atoms with Gasteiger partial charge in [-0.3, -0.25) is 19.3 Å². The molecule has 31 heavy (non-hydrogen) atoms. The highest BCUT2D eigenvalue weighted by Crippen LogP contribution is 2.34. The van der Waals surface area contributed by atoms with E-state index in [1.807, 2.05) is 0 Å². The second-order valence-electron chi connectivity index (χ2n) is 7.89. The predicted octanol–water partition coefficient (Wildman–Crippen LogP) is 4.33. The highest BCUT2D eigenvalue weighted by atomic mass is 32.2. The molecule has 1 aliphatic rings. The first-order chi connectivity index (χ1) is 14.4. The van der Waals surface area contributed by atoms with E-state index in [2.05, 4.69) is 0 Å². The number of carbonyl (C=O) groups is 4. The number of aromatic carboxylic acids is 1. The maximum Gasteiger partial charge on any atom is 0.335 e. The van der Waals surface area contributed by atoms with Crippen LogP contribution in [0.1, 0.15) is 42.5 Å². The largest absolute Gasteiger partial charge is 0.478 e. The lowest BCUT2D eigenvalue weighted by atomic mass is 10.0. The maximum atomic E-state index is 12.6. The standard InChI is InChI=1S/C22H21NO7S/c1-12-9-13(20(26)27)5-7-15(12)16-8-6-14(29-16)10-17-19(25)23(21(28)31-17)11-18(24)30-22(2,3)4/h5-10H,11H2,1-4H3,(H,26,27)/b17-10+. The summed E-state index contributed by atoms with van der Waals surface area (Å²) in [6, 6.07) is 8.01. The summed E-state index contributed by atoms with van der Waals surface area (Å²) in [5.74, 6) is -1.44. The number of hydrogen-bond donors (Lipinski definition) is 1. The first-order valence-electron chi connectivity index (χ1n) is 9.36. The van der Waals surface area contributed by atoms with Gasteiger partial charge in [-0.15, -0.1) is 0 Å². The van der Waals surface area contributed by atoms with Crippen LogP contribution in [0.15, 0.2) is 39.7 Å². The van der Waals surface area contributed by atoms with Crippen LogP contribution >= 0.6 is 11.8 Å². The van der Waals surface area contributed by atoms with E-state index in [9.17, 15) is 19.2 Å². The van der Waals surface area contributed by atoms with Gasteiger partial charge in [0.15, 0.2) is 0 Å². The van der Waals surface area contributed by atoms with Crippen molar-refractivity contribution in [2.45, 2.75) is 33.3 Å². The van der Waals surface area contributed by atoms with Crippen molar-refractivity contribution in [3.8, 4) is 11.3 Å². The van der Waals surface area contributed by atoms with Gasteiger partial charge in [0.05, 0.1) is 10.5 Å². The smallest absolute Gasteiger partial charge is 0.335 e. The number of carboxylic acids is 1. The molecule has 162 valence electrons. The Hall–Kier alpha value is -3.33. The number of furan rings is 1. The van der Waals surface area contributed by atoms with Crippen molar-refractivity contribution < 1.29 is 33.4 Å². The molecule has 1 fully saturated rings. The molecule has 2 aromatic rings. The Morgan fingerprint density at radius 3 is 2.52 bits per heavy atom. The van der Waals surface area contributed by atoms with E-state index in [1.165, 1.54) is 12.1 Å². The Labute approximate surface area is 182 Å². The summed E-state index contributed by atoms with van der Waals surface area (Å²) in [5.41, 5.74) is 0.882. The molecule has 0 unspecified atom stereocenters. The minimum Gasteiger partial charge on any atom is -0.478 e. The van der Waals surface area contributed by atoms with Gasteiger partial charge in [0.25, 0.3) is 11.1 Å². The number of rotatable bonds is 5. The first-order valence-corrected chi connectivity index (χ1v) is 10.2. The van der Waals surface area contributed by atoms with E-state index < -0.39 is 35.2 Å². The number of aryl methyl sites for hydroxylation is 1. The molecule has 0 saturated carbocycles. The van der Waals surface area contributed by atoms with Crippen LogP contribution in [-0.2, 0) is 14.3 Å². The SMILES string of the molecule is Cc1cc(C(=O)O)ccc1-c1ccc(/C=C2/SC(=O)N(CC(=O)OC(C)(C)C)C2=O)o1. The summed E-state index contributed by atoms with van der Waals surface area (Å²) in [6.07, 6.45) is 1.43. The molecule has 0 aliphatic carbocycles. The van der Waals surface area contributed by atoms with E-state index in [0.717, 1.165) is 10.5 Å². The number of thioether (sulfide) groups is 1. The van der Waals surface area contributed by atoms with Crippen molar-refractivity contribution in [3.63, 3.8) is 0 Å². The van der Waals surface area contributed by atoms with Gasteiger partial charge in [0.2, 0.25) is 0 Å². The number of benzene rings is 1. The van der Waals surface area contributed by atoms with Gasteiger partial charge in [-0.2, -0.15) is 0 Å². The van der Waals surface area contributed by atoms with Crippen LogP contribution in [0, 0.1) is 6.92 Å². The highest BCUT2D eigenvalue weighted by Gasteiger charge is 2.37. The van der Waals surface area contributed by atoms with E-state index in [4.69, 9.17) is 14.3 Å². The molecule has 9 heteroatoms. The average Bonchev–Trinajstić information content (AvgIpc) is 3.20. The third-order valence-electron chi connectivity index (χ3n) is 4.22. The van der Waals surface area contributed by atoms with Crippen molar-refractivity contribution in [3.05, 3.63) is 52.1 Å². The summed E-state index contributed by atoms with van der Waals surface area (Å²) in [5, 5.41) is 8.52. The van der Waals surface area contributed by atoms with Crippen molar-refractivity contribution in [2.24, 2.45) is 0 Å². The number of nitrogens with zero attached hydrogens (tertiary/aromatic N) is 1. The lowest BCUT2D eigenvalue weighted by molar-refractivity contribution is -0.156. The predicted molar refractivity (Wildman–Crippen MR) is 114 cm³/mol. The third-order valence-corrected chi connectivity index (χ3v) is 5.13. The molecular formula is C22H21NO7S. The van der Waals surface area contributed by atoms with Gasteiger partial charge >= 0.3 is 11.9 Å². The minimum atomic E-state index is -1.02. The molecule has 1 saturated heterocycles. The van der Waals surface area contributed by atoms with Gasteiger partial charge in [-0.05, 0) is 69.3 Å². The molecule has 1 N–H and O–H groups in total. The zero-order chi connectivity index (χ0) is 22.9. The second kappa shape index (κ2) is 8.43. The number of ether oxygens (including phenoxy) is 1. The van der Waals surface area contributed by atoms with Crippen molar-refractivity contribution in [1.29, 1.82) is 0 Å². The molecule has 8 nitrogen and oxygen atoms in total. The number of carbonyl (C=O) groups excluding carboxylic acids is 3. The third kappa shape index (κ3) is 5.24. The number of esters is 1. The topological polar surface area (TPSA) is 114 Å². The van der Waals surface area contributed by atoms with Crippen LogP contribution in [0.25, 0.3) is 17.4 Å². The van der Waals surface area contributed by atoms with Crippen molar-refractivity contribution in [2.75, 3.05) is 6.54 Å². The van der Waals surface area contributed by atoms with E-state index >= 15 is 0 Å². The van der Waals surface area contributed by atoms with Gasteiger partial charge in [0.1, 0.15) is 23.7 Å². The molecule has 0 radical (unpaired) electrons. The summed E-state index contributed by atoms with van der Waals surface area (Å²) in [6.45, 7) is 6.40. The Kier molecular flexibility index (Phi) is 6.08. The molecule has 0 atom stereocenters. The fourth-order valence-corrected chi connectivity index (χ4v) is 3.74. The number of hydrogen-bond acceptors (Lipinski definition) is 7. The van der Waals surface area contributed by atoms with Crippen molar-refractivity contribution >= 4 is 40.9 Å². The zero-order valence-corrected chi connectivity index (χ0v) is 18.2. The molecule has 2 amide bonds. The lowest BCUT2D eigenvalue weighted by Crippen LogP contribution is -2.37. The molecule has 0 bridgehead atoms. The normalized spacial score (nSPS) is 15.6. The molecule has 1 aromatic heterocycles. The van der Waals surface area contributed by atoms with Crippen LogP contribution in [0.5, 0.6) is 0 Å². The van der Waals surface area contributed by atoms with Gasteiger partial charge in [0, 0.05) is 11.6 Å². The minimum absolute atomic E-state index is 0.132. The fourth-order valence-electron chi connectivity index (χ4n) is 2.92.